The number of nitrogens with zero attached hydrogens (tertiary/aromatic N) is 2. The quantitative estimate of drug-likeness (QED) is 0.198. The molecule has 3 aromatic carbocycles. The maximum Gasteiger partial charge on any atom is 0.294 e. The molecule has 1 fully saturated rings. The predicted molar refractivity (Wildman–Crippen MR) is 143 cm³/mol. The molecule has 0 spiro atoms. The van der Waals surface area contributed by atoms with Gasteiger partial charge in [-0.25, -0.2) is 4.39 Å². The largest absolute Gasteiger partial charge is 0.493 e. The molecule has 0 saturated carbocycles. The molecule has 0 unspecified atom stereocenters. The first-order chi connectivity index (χ1) is 18.6. The van der Waals surface area contributed by atoms with Crippen LogP contribution in [0.25, 0.3) is 6.08 Å². The highest BCUT2D eigenvalue weighted by Gasteiger charge is 2.36. The minimum atomic E-state index is -0.659. The van der Waals surface area contributed by atoms with Crippen LogP contribution in [-0.2, 0) is 16.2 Å². The molecule has 1 aliphatic heterocycles. The first-order valence-electron chi connectivity index (χ1n) is 11.2. The third kappa shape index (κ3) is 6.72. The number of hydrogen-bond acceptors (Lipinski definition) is 8. The number of benzene rings is 3. The molecule has 1 saturated heterocycles. The Balaban J connectivity index is 1.45. The van der Waals surface area contributed by atoms with Crippen LogP contribution in [-0.4, -0.2) is 40.5 Å². The highest BCUT2D eigenvalue weighted by molar-refractivity contribution is 8.18. The van der Waals surface area contributed by atoms with Gasteiger partial charge in [-0.3, -0.25) is 29.4 Å². The number of rotatable bonds is 9. The lowest BCUT2D eigenvalue weighted by Crippen LogP contribution is -2.36. The summed E-state index contributed by atoms with van der Waals surface area (Å²) in [4.78, 5) is 48.8. The van der Waals surface area contributed by atoms with Crippen molar-refractivity contribution in [2.24, 2.45) is 0 Å². The van der Waals surface area contributed by atoms with Crippen LogP contribution >= 0.6 is 23.4 Å². The number of nitro benzene ring substituents is 1. The van der Waals surface area contributed by atoms with E-state index in [1.54, 1.807) is 18.2 Å². The molecule has 3 amide bonds. The number of carbonyl (C=O) groups is 3. The van der Waals surface area contributed by atoms with Gasteiger partial charge in [0.05, 0.1) is 22.0 Å². The van der Waals surface area contributed by atoms with Gasteiger partial charge in [0.2, 0.25) is 5.91 Å². The number of imide groups is 1. The Hall–Kier alpha value is -4.42. The molecule has 0 aromatic heterocycles. The van der Waals surface area contributed by atoms with Gasteiger partial charge >= 0.3 is 0 Å². The number of amides is 3. The van der Waals surface area contributed by atoms with Crippen molar-refractivity contribution >= 4 is 57.9 Å². The first-order valence-corrected chi connectivity index (χ1v) is 12.4. The molecule has 39 heavy (non-hydrogen) atoms. The fourth-order valence-corrected chi connectivity index (χ4v) is 4.61. The summed E-state index contributed by atoms with van der Waals surface area (Å²) in [5.74, 6) is -1.27. The smallest absolute Gasteiger partial charge is 0.294 e. The molecule has 0 radical (unpaired) electrons. The fourth-order valence-electron chi connectivity index (χ4n) is 3.50. The second-order valence-electron chi connectivity index (χ2n) is 8.07. The van der Waals surface area contributed by atoms with E-state index < -0.39 is 34.3 Å². The van der Waals surface area contributed by atoms with E-state index in [1.807, 2.05) is 0 Å². The molecule has 13 heteroatoms. The maximum absolute atomic E-state index is 13.1. The van der Waals surface area contributed by atoms with Crippen molar-refractivity contribution in [3.8, 4) is 11.5 Å². The number of halogens is 2. The molecule has 4 rings (SSSR count). The summed E-state index contributed by atoms with van der Waals surface area (Å²) in [6.45, 7) is -0.453. The number of non-ortho nitro benzene ring substituents is 1. The highest BCUT2D eigenvalue weighted by atomic mass is 35.5. The average Bonchev–Trinajstić information content (AvgIpc) is 3.16. The zero-order valence-electron chi connectivity index (χ0n) is 20.2. The summed E-state index contributed by atoms with van der Waals surface area (Å²) in [5, 5.41) is 12.9. The van der Waals surface area contributed by atoms with Crippen LogP contribution in [0.2, 0.25) is 5.02 Å². The van der Waals surface area contributed by atoms with E-state index in [2.05, 4.69) is 5.32 Å². The Bertz CT molecular complexity index is 1480. The lowest BCUT2D eigenvalue weighted by atomic mass is 10.1. The summed E-state index contributed by atoms with van der Waals surface area (Å²) in [7, 11) is 1.40. The highest BCUT2D eigenvalue weighted by Crippen LogP contribution is 2.39. The molecule has 1 heterocycles. The van der Waals surface area contributed by atoms with Gasteiger partial charge in [0.1, 0.15) is 19.0 Å². The lowest BCUT2D eigenvalue weighted by molar-refractivity contribution is -0.384. The molecule has 1 aliphatic rings. The van der Waals surface area contributed by atoms with Gasteiger partial charge < -0.3 is 14.8 Å². The van der Waals surface area contributed by atoms with Gasteiger partial charge in [-0.15, -0.1) is 0 Å². The van der Waals surface area contributed by atoms with Crippen molar-refractivity contribution in [1.82, 2.24) is 4.90 Å². The number of ether oxygens (including phenoxy) is 2. The van der Waals surface area contributed by atoms with E-state index in [4.69, 9.17) is 21.1 Å². The second kappa shape index (κ2) is 12.0. The molecular weight excluding hydrogens is 553 g/mol. The van der Waals surface area contributed by atoms with Crippen LogP contribution in [0.3, 0.4) is 0 Å². The molecular formula is C26H19ClFN3O7S. The van der Waals surface area contributed by atoms with Crippen molar-refractivity contribution in [2.75, 3.05) is 19.0 Å². The molecule has 3 aromatic rings. The van der Waals surface area contributed by atoms with Crippen molar-refractivity contribution in [2.45, 2.75) is 6.61 Å². The fraction of sp³-hybridized carbons (Fsp3) is 0.115. The van der Waals surface area contributed by atoms with Crippen molar-refractivity contribution in [3.05, 3.63) is 97.6 Å². The number of hydrogen-bond donors (Lipinski definition) is 1. The monoisotopic (exact) mass is 571 g/mol. The minimum absolute atomic E-state index is 0.0448. The second-order valence-corrected chi connectivity index (χ2v) is 9.47. The van der Waals surface area contributed by atoms with Gasteiger partial charge in [-0.05, 0) is 77.5 Å². The zero-order chi connectivity index (χ0) is 28.1. The van der Waals surface area contributed by atoms with Gasteiger partial charge in [-0.1, -0.05) is 11.6 Å². The Kier molecular flexibility index (Phi) is 8.47. The molecule has 0 atom stereocenters. The number of carbonyl (C=O) groups excluding carboxylic acids is 3. The maximum atomic E-state index is 13.1. The van der Waals surface area contributed by atoms with E-state index >= 15 is 0 Å². The van der Waals surface area contributed by atoms with E-state index in [-0.39, 0.29) is 33.7 Å². The zero-order valence-corrected chi connectivity index (χ0v) is 21.8. The van der Waals surface area contributed by atoms with Crippen molar-refractivity contribution < 1.29 is 33.2 Å². The number of thioether (sulfide) groups is 1. The summed E-state index contributed by atoms with van der Waals surface area (Å²) >= 11 is 7.08. The van der Waals surface area contributed by atoms with E-state index in [1.165, 1.54) is 55.7 Å². The number of nitro groups is 1. The van der Waals surface area contributed by atoms with E-state index in [9.17, 15) is 28.9 Å². The van der Waals surface area contributed by atoms with Crippen LogP contribution in [0.5, 0.6) is 11.5 Å². The van der Waals surface area contributed by atoms with Gasteiger partial charge in [-0.2, -0.15) is 0 Å². The Morgan fingerprint density at radius 2 is 1.85 bits per heavy atom. The molecule has 200 valence electrons. The Labute approximate surface area is 230 Å². The van der Waals surface area contributed by atoms with Crippen molar-refractivity contribution in [3.63, 3.8) is 0 Å². The van der Waals surface area contributed by atoms with Crippen LogP contribution in [0.15, 0.2) is 65.6 Å². The van der Waals surface area contributed by atoms with E-state index in [0.29, 0.717) is 28.6 Å². The molecule has 10 nitrogen and oxygen atoms in total. The normalized spacial score (nSPS) is 14.0. The summed E-state index contributed by atoms with van der Waals surface area (Å²) < 4.78 is 24.2. The third-order valence-electron chi connectivity index (χ3n) is 5.38. The van der Waals surface area contributed by atoms with Crippen LogP contribution in [0, 0.1) is 15.9 Å². The van der Waals surface area contributed by atoms with Crippen molar-refractivity contribution in [1.29, 1.82) is 0 Å². The molecule has 0 aliphatic carbocycles. The van der Waals surface area contributed by atoms with Gasteiger partial charge in [0, 0.05) is 17.8 Å². The number of nitrogens with one attached hydrogen (secondary N) is 1. The Morgan fingerprint density at radius 3 is 2.49 bits per heavy atom. The lowest BCUT2D eigenvalue weighted by Gasteiger charge is -2.14. The Morgan fingerprint density at radius 1 is 1.15 bits per heavy atom. The predicted octanol–water partition coefficient (Wildman–Crippen LogP) is 5.65. The molecule has 1 N–H and O–H groups in total. The first kappa shape index (κ1) is 27.6. The molecule has 0 bridgehead atoms. The third-order valence-corrected chi connectivity index (χ3v) is 6.57. The SMILES string of the molecule is COc1cc(/C=C2\SC(=O)N(CC(=O)Nc3ccc(F)cc3)C2=O)cc(Cl)c1OCc1ccc([N+](=O)[O-])cc1. The summed E-state index contributed by atoms with van der Waals surface area (Å²) in [6, 6.07) is 14.0. The average molecular weight is 572 g/mol. The van der Waals surface area contributed by atoms with Gasteiger partial charge in [0.15, 0.2) is 11.5 Å². The van der Waals surface area contributed by atoms with Crippen LogP contribution in [0.4, 0.5) is 20.6 Å². The topological polar surface area (TPSA) is 128 Å². The number of anilines is 1. The summed E-state index contributed by atoms with van der Waals surface area (Å²) in [6.07, 6.45) is 1.44. The van der Waals surface area contributed by atoms with Crippen LogP contribution in [0.1, 0.15) is 11.1 Å². The number of methoxy groups -OCH3 is 1. The van der Waals surface area contributed by atoms with E-state index in [0.717, 1.165) is 4.90 Å². The summed E-state index contributed by atoms with van der Waals surface area (Å²) in [5.41, 5.74) is 1.39. The van der Waals surface area contributed by atoms with Crippen LogP contribution < -0.4 is 14.8 Å². The standard InChI is InChI=1S/C26H19ClFN3O7S/c1-37-21-11-16(10-20(27)24(21)38-14-15-2-8-19(9-3-15)31(35)36)12-22-25(33)30(26(34)39-22)13-23(32)29-18-6-4-17(28)5-7-18/h2-12H,13-14H2,1H3,(H,29,32)/b22-12-. The minimum Gasteiger partial charge on any atom is -0.493 e. The van der Waals surface area contributed by atoms with Gasteiger partial charge in [0.25, 0.3) is 16.8 Å².